The van der Waals surface area contributed by atoms with E-state index in [1.54, 1.807) is 7.05 Å². The zero-order valence-corrected chi connectivity index (χ0v) is 16.0. The van der Waals surface area contributed by atoms with Crippen molar-refractivity contribution in [2.24, 2.45) is 10.9 Å². The van der Waals surface area contributed by atoms with Crippen LogP contribution in [0.5, 0.6) is 0 Å². The molecule has 8 heteroatoms. The van der Waals surface area contributed by atoms with Crippen LogP contribution in [0.1, 0.15) is 20.3 Å². The molecule has 20 heavy (non-hydrogen) atoms. The molecule has 0 amide bonds. The lowest BCUT2D eigenvalue weighted by atomic mass is 10.1. The van der Waals surface area contributed by atoms with Gasteiger partial charge in [0.05, 0.1) is 12.4 Å². The van der Waals surface area contributed by atoms with E-state index in [0.29, 0.717) is 31.6 Å². The summed E-state index contributed by atoms with van der Waals surface area (Å²) < 4.78 is 27.4. The minimum atomic E-state index is -2.94. The molecule has 0 saturated carbocycles. The molecule has 0 aromatic heterocycles. The number of rotatable bonds is 9. The summed E-state index contributed by atoms with van der Waals surface area (Å²) in [6.45, 7) is 6.70. The Hall–Kier alpha value is -0.0900. The first-order valence-electron chi connectivity index (χ1n) is 6.55. The van der Waals surface area contributed by atoms with E-state index in [0.717, 1.165) is 13.0 Å². The van der Waals surface area contributed by atoms with Crippen LogP contribution in [0.3, 0.4) is 0 Å². The third-order valence-corrected chi connectivity index (χ3v) is 3.31. The standard InChI is InChI=1S/C12H27N3O3S.HI/c1-11(2)5-8-18-9-6-14-12(13-3)15-7-10-19(4,16)17;/h11H,5-10H2,1-4H3,(H2,13,14,15);1H. The molecule has 0 bridgehead atoms. The SMILES string of the molecule is CN=C(NCCOCCC(C)C)NCCS(C)(=O)=O.I. The topological polar surface area (TPSA) is 79.8 Å². The van der Waals surface area contributed by atoms with E-state index in [-0.39, 0.29) is 29.7 Å². The van der Waals surface area contributed by atoms with Crippen molar-refractivity contribution in [3.05, 3.63) is 0 Å². The Morgan fingerprint density at radius 2 is 1.80 bits per heavy atom. The molecule has 0 unspecified atom stereocenters. The Bertz CT molecular complexity index is 359. The summed E-state index contributed by atoms with van der Waals surface area (Å²) in [6.07, 6.45) is 2.27. The molecule has 0 fully saturated rings. The fourth-order valence-electron chi connectivity index (χ4n) is 1.24. The summed E-state index contributed by atoms with van der Waals surface area (Å²) in [6, 6.07) is 0. The molecular formula is C12H28IN3O3S. The average Bonchev–Trinajstić information content (AvgIpc) is 2.29. The van der Waals surface area contributed by atoms with Gasteiger partial charge in [-0.3, -0.25) is 4.99 Å². The number of nitrogens with zero attached hydrogens (tertiary/aromatic N) is 1. The average molecular weight is 421 g/mol. The first kappa shape index (κ1) is 22.2. The molecule has 0 radical (unpaired) electrons. The fourth-order valence-corrected chi connectivity index (χ4v) is 1.71. The van der Waals surface area contributed by atoms with E-state index >= 15 is 0 Å². The summed E-state index contributed by atoms with van der Waals surface area (Å²) in [5.41, 5.74) is 0. The first-order valence-corrected chi connectivity index (χ1v) is 8.61. The van der Waals surface area contributed by atoms with Crippen LogP contribution in [0, 0.1) is 5.92 Å². The van der Waals surface area contributed by atoms with Gasteiger partial charge in [-0.05, 0) is 12.3 Å². The molecule has 0 aromatic rings. The number of hydrogen-bond acceptors (Lipinski definition) is 4. The second-order valence-corrected chi connectivity index (χ2v) is 7.11. The Balaban J connectivity index is 0. The third-order valence-electron chi connectivity index (χ3n) is 2.37. The van der Waals surface area contributed by atoms with Crippen LogP contribution >= 0.6 is 24.0 Å². The molecule has 0 aromatic carbocycles. The Kier molecular flexibility index (Phi) is 14.0. The van der Waals surface area contributed by atoms with Crippen LogP contribution in [0.2, 0.25) is 0 Å². The number of guanidine groups is 1. The third kappa shape index (κ3) is 16.0. The van der Waals surface area contributed by atoms with Crippen LogP contribution in [0.15, 0.2) is 4.99 Å². The van der Waals surface area contributed by atoms with E-state index in [1.165, 1.54) is 6.26 Å². The lowest BCUT2D eigenvalue weighted by Gasteiger charge is -2.12. The molecule has 0 spiro atoms. The maximum Gasteiger partial charge on any atom is 0.191 e. The van der Waals surface area contributed by atoms with Crippen molar-refractivity contribution in [1.82, 2.24) is 10.6 Å². The Labute approximate surface area is 140 Å². The van der Waals surface area contributed by atoms with Gasteiger partial charge in [0.25, 0.3) is 0 Å². The summed E-state index contributed by atoms with van der Waals surface area (Å²) >= 11 is 0. The highest BCUT2D eigenvalue weighted by molar-refractivity contribution is 14.0. The smallest absolute Gasteiger partial charge is 0.191 e. The van der Waals surface area contributed by atoms with E-state index in [9.17, 15) is 8.42 Å². The molecule has 0 aliphatic rings. The number of ether oxygens (including phenoxy) is 1. The van der Waals surface area contributed by atoms with Gasteiger partial charge in [-0.1, -0.05) is 13.8 Å². The van der Waals surface area contributed by atoms with Crippen molar-refractivity contribution in [2.75, 3.05) is 45.4 Å². The van der Waals surface area contributed by atoms with Crippen LogP contribution in [0.25, 0.3) is 0 Å². The van der Waals surface area contributed by atoms with Crippen LogP contribution in [0.4, 0.5) is 0 Å². The second kappa shape index (κ2) is 12.6. The van der Waals surface area contributed by atoms with Crippen LogP contribution in [-0.2, 0) is 14.6 Å². The summed E-state index contributed by atoms with van der Waals surface area (Å²) in [5, 5.41) is 6.00. The number of nitrogens with one attached hydrogen (secondary N) is 2. The normalized spacial score (nSPS) is 12.2. The molecule has 0 atom stereocenters. The maximum atomic E-state index is 11.0. The summed E-state index contributed by atoms with van der Waals surface area (Å²) in [7, 11) is -1.29. The van der Waals surface area contributed by atoms with Crippen molar-refractivity contribution >= 4 is 39.8 Å². The van der Waals surface area contributed by atoms with Crippen molar-refractivity contribution in [2.45, 2.75) is 20.3 Å². The minimum Gasteiger partial charge on any atom is -0.380 e. The highest BCUT2D eigenvalue weighted by Crippen LogP contribution is 1.98. The minimum absolute atomic E-state index is 0. The van der Waals surface area contributed by atoms with Gasteiger partial charge in [0, 0.05) is 33.0 Å². The summed E-state index contributed by atoms with van der Waals surface area (Å²) in [4.78, 5) is 4.00. The van der Waals surface area contributed by atoms with Gasteiger partial charge in [0.2, 0.25) is 0 Å². The lowest BCUT2D eigenvalue weighted by molar-refractivity contribution is 0.128. The zero-order valence-electron chi connectivity index (χ0n) is 12.8. The fraction of sp³-hybridized carbons (Fsp3) is 0.917. The highest BCUT2D eigenvalue weighted by atomic mass is 127. The Morgan fingerprint density at radius 1 is 1.20 bits per heavy atom. The molecule has 0 saturated heterocycles. The number of hydrogen-bond donors (Lipinski definition) is 2. The molecule has 122 valence electrons. The van der Waals surface area contributed by atoms with E-state index in [4.69, 9.17) is 4.74 Å². The van der Waals surface area contributed by atoms with Crippen molar-refractivity contribution in [3.8, 4) is 0 Å². The van der Waals surface area contributed by atoms with Crippen LogP contribution < -0.4 is 10.6 Å². The van der Waals surface area contributed by atoms with Gasteiger partial charge in [-0.15, -0.1) is 24.0 Å². The highest BCUT2D eigenvalue weighted by Gasteiger charge is 2.02. The van der Waals surface area contributed by atoms with Gasteiger partial charge in [0.1, 0.15) is 9.84 Å². The quantitative estimate of drug-likeness (QED) is 0.250. The molecule has 0 aliphatic heterocycles. The lowest BCUT2D eigenvalue weighted by Crippen LogP contribution is -2.40. The van der Waals surface area contributed by atoms with Gasteiger partial charge in [-0.2, -0.15) is 0 Å². The number of sulfone groups is 1. The van der Waals surface area contributed by atoms with Crippen molar-refractivity contribution < 1.29 is 13.2 Å². The van der Waals surface area contributed by atoms with Gasteiger partial charge >= 0.3 is 0 Å². The van der Waals surface area contributed by atoms with Crippen LogP contribution in [-0.4, -0.2) is 59.7 Å². The number of aliphatic imine (C=N–C) groups is 1. The molecule has 0 rings (SSSR count). The summed E-state index contributed by atoms with van der Waals surface area (Å²) in [5.74, 6) is 1.34. The molecular weight excluding hydrogens is 393 g/mol. The molecule has 6 nitrogen and oxygen atoms in total. The second-order valence-electron chi connectivity index (χ2n) is 4.85. The van der Waals surface area contributed by atoms with Gasteiger partial charge in [-0.25, -0.2) is 8.42 Å². The van der Waals surface area contributed by atoms with E-state index in [1.807, 2.05) is 0 Å². The predicted molar refractivity (Wildman–Crippen MR) is 94.8 cm³/mol. The predicted octanol–water partition coefficient (Wildman–Crippen LogP) is 0.877. The van der Waals surface area contributed by atoms with Gasteiger partial charge < -0.3 is 15.4 Å². The van der Waals surface area contributed by atoms with Gasteiger partial charge in [0.15, 0.2) is 5.96 Å². The number of halogens is 1. The van der Waals surface area contributed by atoms with E-state index in [2.05, 4.69) is 29.5 Å². The maximum absolute atomic E-state index is 11.0. The van der Waals surface area contributed by atoms with E-state index < -0.39 is 9.84 Å². The molecule has 2 N–H and O–H groups in total. The first-order chi connectivity index (χ1) is 8.85. The Morgan fingerprint density at radius 3 is 2.30 bits per heavy atom. The molecule has 0 heterocycles. The largest absolute Gasteiger partial charge is 0.380 e. The molecule has 0 aliphatic carbocycles. The monoisotopic (exact) mass is 421 g/mol. The van der Waals surface area contributed by atoms with Crippen molar-refractivity contribution in [3.63, 3.8) is 0 Å². The van der Waals surface area contributed by atoms with Crippen molar-refractivity contribution in [1.29, 1.82) is 0 Å². The zero-order chi connectivity index (χ0) is 14.7.